The van der Waals surface area contributed by atoms with Crippen LogP contribution in [-0.4, -0.2) is 16.4 Å². The largest absolute Gasteiger partial charge is 0.508 e. The molecule has 0 saturated carbocycles. The first kappa shape index (κ1) is 7.68. The predicted molar refractivity (Wildman–Crippen MR) is 52.4 cm³/mol. The monoisotopic (exact) mass is 179 g/mol. The van der Waals surface area contributed by atoms with Crippen LogP contribution in [0.2, 0.25) is 0 Å². The summed E-state index contributed by atoms with van der Waals surface area (Å²) in [5.74, 6) is 0.292. The summed E-state index contributed by atoms with van der Waals surface area (Å²) < 4.78 is 0. The minimum atomic E-state index is 0.292. The fourth-order valence-electron chi connectivity index (χ4n) is 1.26. The Balaban J connectivity index is 2.42. The summed E-state index contributed by atoms with van der Waals surface area (Å²) in [6.07, 6.45) is 2.93. The number of hydrogen-bond donors (Lipinski definition) is 1. The third kappa shape index (κ3) is 1.20. The Bertz CT molecular complexity index is 346. The quantitative estimate of drug-likeness (QED) is 0.663. The molecule has 0 saturated heterocycles. The number of phenols is 1. The van der Waals surface area contributed by atoms with Crippen molar-refractivity contribution in [2.75, 3.05) is 6.26 Å². The van der Waals surface area contributed by atoms with Gasteiger partial charge in [-0.2, -0.15) is 0 Å². The second-order valence-electron chi connectivity index (χ2n) is 2.70. The van der Waals surface area contributed by atoms with Crippen LogP contribution >= 0.6 is 11.8 Å². The van der Waals surface area contributed by atoms with Crippen molar-refractivity contribution in [3.63, 3.8) is 0 Å². The zero-order chi connectivity index (χ0) is 8.55. The van der Waals surface area contributed by atoms with Gasteiger partial charge in [-0.15, -0.1) is 11.8 Å². The molecule has 1 aromatic carbocycles. The smallest absolute Gasteiger partial charge is 0.117 e. The number of benzene rings is 1. The van der Waals surface area contributed by atoms with Crippen LogP contribution in [0.1, 0.15) is 5.56 Å². The van der Waals surface area contributed by atoms with E-state index >= 15 is 0 Å². The van der Waals surface area contributed by atoms with Crippen LogP contribution < -0.4 is 0 Å². The highest BCUT2D eigenvalue weighted by atomic mass is 32.2. The van der Waals surface area contributed by atoms with Gasteiger partial charge in [0.25, 0.3) is 0 Å². The van der Waals surface area contributed by atoms with Crippen molar-refractivity contribution < 1.29 is 5.11 Å². The van der Waals surface area contributed by atoms with Gasteiger partial charge in [0.2, 0.25) is 0 Å². The van der Waals surface area contributed by atoms with Crippen molar-refractivity contribution in [1.82, 2.24) is 0 Å². The molecule has 0 aliphatic carbocycles. The van der Waals surface area contributed by atoms with Gasteiger partial charge in [0.15, 0.2) is 0 Å². The zero-order valence-electron chi connectivity index (χ0n) is 6.74. The van der Waals surface area contributed by atoms with Gasteiger partial charge in [0, 0.05) is 12.5 Å². The maximum absolute atomic E-state index is 9.18. The molecule has 3 heteroatoms. The molecule has 0 bridgehead atoms. The number of nitrogens with zero attached hydrogens (tertiary/aromatic N) is 1. The Morgan fingerprint density at radius 3 is 3.08 bits per heavy atom. The molecule has 1 aliphatic rings. The first-order chi connectivity index (χ1) is 5.79. The molecule has 62 valence electrons. The van der Waals surface area contributed by atoms with E-state index in [1.165, 1.54) is 5.56 Å². The number of hydrogen-bond acceptors (Lipinski definition) is 3. The molecule has 12 heavy (non-hydrogen) atoms. The van der Waals surface area contributed by atoms with E-state index < -0.39 is 0 Å². The van der Waals surface area contributed by atoms with E-state index in [0.29, 0.717) is 5.75 Å². The van der Waals surface area contributed by atoms with Gasteiger partial charge in [-0.1, -0.05) is 6.07 Å². The number of rotatable bonds is 0. The summed E-state index contributed by atoms with van der Waals surface area (Å²) in [6, 6.07) is 5.34. The molecule has 1 aromatic rings. The molecular weight excluding hydrogens is 170 g/mol. The summed E-state index contributed by atoms with van der Waals surface area (Å²) in [4.78, 5) is 4.35. The van der Waals surface area contributed by atoms with E-state index in [4.69, 9.17) is 0 Å². The topological polar surface area (TPSA) is 32.6 Å². The second-order valence-corrected chi connectivity index (χ2v) is 3.58. The number of thioether (sulfide) groups is 1. The third-order valence-electron chi connectivity index (χ3n) is 1.89. The Hall–Kier alpha value is -0.960. The molecule has 0 radical (unpaired) electrons. The van der Waals surface area contributed by atoms with Gasteiger partial charge in [0.1, 0.15) is 5.75 Å². The molecule has 0 fully saturated rings. The number of aliphatic imine (C=N–C) groups is 1. The Morgan fingerprint density at radius 1 is 1.50 bits per heavy atom. The fourth-order valence-corrected chi connectivity index (χ4v) is 1.75. The minimum Gasteiger partial charge on any atom is -0.508 e. The van der Waals surface area contributed by atoms with Crippen LogP contribution in [0.15, 0.2) is 23.2 Å². The lowest BCUT2D eigenvalue weighted by molar-refractivity contribution is 0.475. The van der Waals surface area contributed by atoms with Crippen LogP contribution in [0.4, 0.5) is 5.69 Å². The van der Waals surface area contributed by atoms with E-state index in [2.05, 4.69) is 4.99 Å². The van der Waals surface area contributed by atoms with Crippen molar-refractivity contribution in [2.45, 2.75) is 6.42 Å². The van der Waals surface area contributed by atoms with Gasteiger partial charge in [-0.25, -0.2) is 4.99 Å². The lowest BCUT2D eigenvalue weighted by Crippen LogP contribution is -1.88. The normalized spacial score (nSPS) is 14.2. The van der Waals surface area contributed by atoms with Crippen LogP contribution in [0.3, 0.4) is 0 Å². The molecule has 2 nitrogen and oxygen atoms in total. The molecular formula is C9H9NOS. The highest BCUT2D eigenvalue weighted by Gasteiger charge is 2.13. The van der Waals surface area contributed by atoms with E-state index in [9.17, 15) is 5.11 Å². The molecule has 1 aliphatic heterocycles. The number of fused-ring (bicyclic) bond motifs is 1. The van der Waals surface area contributed by atoms with Gasteiger partial charge in [-0.05, 0) is 17.9 Å². The van der Waals surface area contributed by atoms with Gasteiger partial charge < -0.3 is 5.11 Å². The third-order valence-corrected chi connectivity index (χ3v) is 2.60. The lowest BCUT2D eigenvalue weighted by Gasteiger charge is -1.95. The summed E-state index contributed by atoms with van der Waals surface area (Å²) in [5, 5.41) is 10.3. The SMILES string of the molecule is CSC1=Nc2cc(O)ccc2C1. The lowest BCUT2D eigenvalue weighted by atomic mass is 10.1. The summed E-state index contributed by atoms with van der Waals surface area (Å²) in [6.45, 7) is 0. The Morgan fingerprint density at radius 2 is 2.33 bits per heavy atom. The molecule has 1 heterocycles. The maximum atomic E-state index is 9.18. The first-order valence-corrected chi connectivity index (χ1v) is 4.95. The van der Waals surface area contributed by atoms with E-state index in [-0.39, 0.29) is 0 Å². The predicted octanol–water partition coefficient (Wildman–Crippen LogP) is 2.34. The Labute approximate surface area is 75.3 Å². The van der Waals surface area contributed by atoms with Crippen molar-refractivity contribution in [1.29, 1.82) is 0 Å². The summed E-state index contributed by atoms with van der Waals surface area (Å²) in [5.41, 5.74) is 2.12. The number of aromatic hydroxyl groups is 1. The zero-order valence-corrected chi connectivity index (χ0v) is 7.56. The molecule has 2 rings (SSSR count). The molecule has 0 unspecified atom stereocenters. The van der Waals surface area contributed by atoms with Crippen LogP contribution in [0.5, 0.6) is 5.75 Å². The molecule has 0 aromatic heterocycles. The van der Waals surface area contributed by atoms with E-state index in [1.807, 2.05) is 12.3 Å². The standard InChI is InChI=1S/C9H9NOS/c1-12-9-4-6-2-3-7(11)5-8(6)10-9/h2-3,5,11H,4H2,1H3. The summed E-state index contributed by atoms with van der Waals surface area (Å²) >= 11 is 1.66. The second kappa shape index (κ2) is 2.83. The minimum absolute atomic E-state index is 0.292. The molecule has 0 spiro atoms. The molecule has 1 N–H and O–H groups in total. The number of phenolic OH excluding ortho intramolecular Hbond substituents is 1. The molecule has 0 amide bonds. The average molecular weight is 179 g/mol. The summed E-state index contributed by atoms with van der Waals surface area (Å²) in [7, 11) is 0. The molecule has 0 atom stereocenters. The van der Waals surface area contributed by atoms with Crippen molar-refractivity contribution in [3.05, 3.63) is 23.8 Å². The van der Waals surface area contributed by atoms with Gasteiger partial charge in [0.05, 0.1) is 10.7 Å². The maximum Gasteiger partial charge on any atom is 0.117 e. The van der Waals surface area contributed by atoms with Crippen LogP contribution in [0.25, 0.3) is 0 Å². The highest BCUT2D eigenvalue weighted by Crippen LogP contribution is 2.32. The van der Waals surface area contributed by atoms with E-state index in [1.54, 1.807) is 23.9 Å². The first-order valence-electron chi connectivity index (χ1n) is 3.73. The van der Waals surface area contributed by atoms with Crippen LogP contribution in [-0.2, 0) is 6.42 Å². The van der Waals surface area contributed by atoms with Gasteiger partial charge >= 0.3 is 0 Å². The van der Waals surface area contributed by atoms with Crippen molar-refractivity contribution in [2.24, 2.45) is 4.99 Å². The average Bonchev–Trinajstić information content (AvgIpc) is 2.46. The Kier molecular flexibility index (Phi) is 1.81. The fraction of sp³-hybridized carbons (Fsp3) is 0.222. The van der Waals surface area contributed by atoms with E-state index in [0.717, 1.165) is 17.2 Å². The highest BCUT2D eigenvalue weighted by molar-refractivity contribution is 8.13. The van der Waals surface area contributed by atoms with Crippen LogP contribution in [0, 0.1) is 0 Å². The van der Waals surface area contributed by atoms with Crippen molar-refractivity contribution >= 4 is 22.5 Å². The van der Waals surface area contributed by atoms with Crippen molar-refractivity contribution in [3.8, 4) is 5.75 Å². The van der Waals surface area contributed by atoms with Gasteiger partial charge in [-0.3, -0.25) is 0 Å².